The van der Waals surface area contributed by atoms with Crippen LogP contribution in [0.3, 0.4) is 0 Å². The van der Waals surface area contributed by atoms with Gasteiger partial charge in [-0.3, -0.25) is 4.98 Å². The number of hydrogen-bond donors (Lipinski definition) is 2. The molecular weight excluding hydrogens is 406 g/mol. The Morgan fingerprint density at radius 3 is 2.03 bits per heavy atom. The smallest absolute Gasteiger partial charge is 0.134 e. The molecule has 32 heavy (non-hydrogen) atoms. The molecule has 1 aromatic carbocycles. The number of nitrogens with one attached hydrogen (secondary N) is 2. The van der Waals surface area contributed by atoms with E-state index in [2.05, 4.69) is 15.0 Å². The molecule has 0 atom stereocenters. The standard InChI is InChI=1S/C26H18F2N4/c27-21-2-1-3-22(28)25(21)26-23-10-8-19(31-23)13-17-6-4-15(29-17)12-16-5-7-18(30-16)14-20-9-11-24(26)32-20/h1-8,10,12-14,29-30H,9,11H2. The van der Waals surface area contributed by atoms with Crippen molar-refractivity contribution in [1.29, 1.82) is 0 Å². The molecule has 0 saturated carbocycles. The summed E-state index contributed by atoms with van der Waals surface area (Å²) in [6, 6.07) is 17.8. The van der Waals surface area contributed by atoms with E-state index in [1.165, 1.54) is 18.2 Å². The third-order valence-corrected chi connectivity index (χ3v) is 5.71. The first-order valence-corrected chi connectivity index (χ1v) is 10.4. The topological polar surface area (TPSA) is 57.4 Å². The van der Waals surface area contributed by atoms with Gasteiger partial charge in [0.05, 0.1) is 22.6 Å². The molecule has 0 saturated heterocycles. The second-order valence-electron chi connectivity index (χ2n) is 7.95. The number of benzene rings is 1. The Hall–Kier alpha value is -4.06. The van der Waals surface area contributed by atoms with Crippen LogP contribution in [0.15, 0.2) is 60.7 Å². The van der Waals surface area contributed by atoms with Gasteiger partial charge in [-0.1, -0.05) is 6.07 Å². The van der Waals surface area contributed by atoms with E-state index in [0.717, 1.165) is 27.8 Å². The van der Waals surface area contributed by atoms with Crippen LogP contribution in [0, 0.1) is 11.6 Å². The number of H-pyrrole nitrogens is 2. The molecule has 0 fully saturated rings. The lowest BCUT2D eigenvalue weighted by atomic mass is 9.99. The van der Waals surface area contributed by atoms with E-state index in [4.69, 9.17) is 4.98 Å². The van der Waals surface area contributed by atoms with Gasteiger partial charge in [0.15, 0.2) is 0 Å². The number of aromatic nitrogens is 4. The highest BCUT2D eigenvalue weighted by Crippen LogP contribution is 2.34. The van der Waals surface area contributed by atoms with Gasteiger partial charge in [0.2, 0.25) is 0 Å². The first kappa shape index (κ1) is 18.7. The number of rotatable bonds is 1. The summed E-state index contributed by atoms with van der Waals surface area (Å²) in [6.07, 6.45) is 4.91. The molecule has 4 nitrogen and oxygen atoms in total. The predicted octanol–water partition coefficient (Wildman–Crippen LogP) is 6.22. The molecule has 6 rings (SSSR count). The minimum absolute atomic E-state index is 0.0859. The van der Waals surface area contributed by atoms with Gasteiger partial charge < -0.3 is 9.97 Å². The molecule has 0 radical (unpaired) electrons. The van der Waals surface area contributed by atoms with Gasteiger partial charge >= 0.3 is 0 Å². The Labute approximate surface area is 182 Å². The molecule has 0 spiro atoms. The number of halogens is 2. The molecule has 3 aromatic heterocycles. The van der Waals surface area contributed by atoms with Crippen molar-refractivity contribution in [2.75, 3.05) is 0 Å². The molecule has 2 aliphatic heterocycles. The van der Waals surface area contributed by atoms with Crippen molar-refractivity contribution < 1.29 is 8.78 Å². The molecule has 156 valence electrons. The van der Waals surface area contributed by atoms with Crippen LogP contribution in [0.4, 0.5) is 8.78 Å². The van der Waals surface area contributed by atoms with Crippen LogP contribution in [-0.4, -0.2) is 19.9 Å². The maximum Gasteiger partial charge on any atom is 0.134 e. The molecule has 0 unspecified atom stereocenters. The van der Waals surface area contributed by atoms with Crippen molar-refractivity contribution in [3.05, 3.63) is 95.1 Å². The highest BCUT2D eigenvalue weighted by atomic mass is 19.1. The summed E-state index contributed by atoms with van der Waals surface area (Å²) in [6.45, 7) is 0. The fourth-order valence-corrected chi connectivity index (χ4v) is 4.27. The van der Waals surface area contributed by atoms with Gasteiger partial charge in [-0.05, 0) is 79.6 Å². The van der Waals surface area contributed by atoms with E-state index in [1.54, 1.807) is 6.08 Å². The maximum absolute atomic E-state index is 14.8. The van der Waals surface area contributed by atoms with Gasteiger partial charge in [0.1, 0.15) is 11.6 Å². The van der Waals surface area contributed by atoms with Gasteiger partial charge in [-0.25, -0.2) is 13.8 Å². The van der Waals surface area contributed by atoms with E-state index < -0.39 is 11.6 Å². The van der Waals surface area contributed by atoms with Crippen LogP contribution in [0.5, 0.6) is 0 Å². The van der Waals surface area contributed by atoms with Crippen LogP contribution < -0.4 is 0 Å². The normalized spacial score (nSPS) is 12.9. The number of fused-ring (bicyclic) bond motifs is 8. The molecular formula is C26H18F2N4. The lowest BCUT2D eigenvalue weighted by Crippen LogP contribution is -1.97. The Morgan fingerprint density at radius 1 is 0.656 bits per heavy atom. The molecule has 2 aliphatic rings. The Morgan fingerprint density at radius 2 is 1.31 bits per heavy atom. The highest BCUT2D eigenvalue weighted by Gasteiger charge is 2.22. The summed E-state index contributed by atoms with van der Waals surface area (Å²) in [5, 5.41) is 0. The van der Waals surface area contributed by atoms with E-state index in [1.807, 2.05) is 48.5 Å². The van der Waals surface area contributed by atoms with Crippen molar-refractivity contribution in [2.24, 2.45) is 0 Å². The second kappa shape index (κ2) is 7.27. The molecule has 0 aliphatic carbocycles. The summed E-state index contributed by atoms with van der Waals surface area (Å²) in [4.78, 5) is 16.2. The van der Waals surface area contributed by atoms with Gasteiger partial charge in [-0.2, -0.15) is 0 Å². The Kier molecular flexibility index (Phi) is 4.24. The lowest BCUT2D eigenvalue weighted by Gasteiger charge is -2.08. The van der Waals surface area contributed by atoms with E-state index in [0.29, 0.717) is 35.5 Å². The molecule has 6 heteroatoms. The van der Waals surface area contributed by atoms with Gasteiger partial charge in [0, 0.05) is 33.3 Å². The largest absolute Gasteiger partial charge is 0.355 e. The van der Waals surface area contributed by atoms with Crippen LogP contribution in [0.25, 0.3) is 45.3 Å². The Balaban J connectivity index is 1.74. The third kappa shape index (κ3) is 3.30. The highest BCUT2D eigenvalue weighted by molar-refractivity contribution is 5.83. The first-order valence-electron chi connectivity index (χ1n) is 10.4. The van der Waals surface area contributed by atoms with Crippen molar-refractivity contribution in [2.45, 2.75) is 12.8 Å². The fourth-order valence-electron chi connectivity index (χ4n) is 4.27. The van der Waals surface area contributed by atoms with E-state index >= 15 is 0 Å². The molecule has 2 N–H and O–H groups in total. The fraction of sp³-hybridized carbons (Fsp3) is 0.0769. The third-order valence-electron chi connectivity index (χ3n) is 5.71. The second-order valence-corrected chi connectivity index (χ2v) is 7.95. The minimum Gasteiger partial charge on any atom is -0.355 e. The van der Waals surface area contributed by atoms with E-state index in [9.17, 15) is 8.78 Å². The average Bonchev–Trinajstić information content (AvgIpc) is 3.55. The summed E-state index contributed by atoms with van der Waals surface area (Å²) in [7, 11) is 0. The SMILES string of the molecule is Fc1cccc(F)c1-c1c2nc(cc3ccc(cc4ccc(cc5nc1CC5)[nH]4)[nH]3)C=C2. The number of nitrogens with zero attached hydrogens (tertiary/aromatic N) is 2. The Bertz CT molecular complexity index is 1540. The first-order chi connectivity index (χ1) is 15.6. The van der Waals surface area contributed by atoms with Crippen molar-refractivity contribution in [3.63, 3.8) is 0 Å². The van der Waals surface area contributed by atoms with Crippen molar-refractivity contribution in [1.82, 2.24) is 19.9 Å². The molecule has 5 heterocycles. The zero-order valence-corrected chi connectivity index (χ0v) is 17.0. The monoisotopic (exact) mass is 424 g/mol. The quantitative estimate of drug-likeness (QED) is 0.336. The summed E-state index contributed by atoms with van der Waals surface area (Å²) in [5.74, 6) is -1.25. The summed E-state index contributed by atoms with van der Waals surface area (Å²) >= 11 is 0. The maximum atomic E-state index is 14.8. The van der Waals surface area contributed by atoms with Crippen LogP contribution in [-0.2, 0) is 12.8 Å². The van der Waals surface area contributed by atoms with Gasteiger partial charge in [-0.15, -0.1) is 0 Å². The van der Waals surface area contributed by atoms with Crippen LogP contribution in [0.1, 0.15) is 22.8 Å². The zero-order chi connectivity index (χ0) is 21.7. The number of aromatic amines is 2. The zero-order valence-electron chi connectivity index (χ0n) is 17.0. The average molecular weight is 424 g/mol. The number of hydrogen-bond acceptors (Lipinski definition) is 2. The predicted molar refractivity (Wildman–Crippen MR) is 123 cm³/mol. The van der Waals surface area contributed by atoms with Crippen LogP contribution >= 0.6 is 0 Å². The summed E-state index contributed by atoms with van der Waals surface area (Å²) < 4.78 is 29.7. The molecule has 4 aromatic rings. The number of aryl methyl sites for hydroxylation is 2. The van der Waals surface area contributed by atoms with Crippen LogP contribution in [0.2, 0.25) is 0 Å². The minimum atomic E-state index is -0.624. The van der Waals surface area contributed by atoms with Crippen molar-refractivity contribution >= 4 is 34.2 Å². The van der Waals surface area contributed by atoms with E-state index in [-0.39, 0.29) is 5.56 Å². The summed E-state index contributed by atoms with van der Waals surface area (Å²) in [5.41, 5.74) is 6.76. The molecule has 0 amide bonds. The molecule has 8 bridgehead atoms. The van der Waals surface area contributed by atoms with Gasteiger partial charge in [0.25, 0.3) is 0 Å². The lowest BCUT2D eigenvalue weighted by molar-refractivity contribution is 0.589. The van der Waals surface area contributed by atoms with Crippen molar-refractivity contribution in [3.8, 4) is 11.1 Å².